The number of carbonyl (C=O) groups is 1. The van der Waals surface area contributed by atoms with Gasteiger partial charge < -0.3 is 5.32 Å². The maximum atomic E-state index is 11.4. The van der Waals surface area contributed by atoms with E-state index in [1.807, 2.05) is 13.1 Å². The molecule has 3 rings (SSSR count). The lowest BCUT2D eigenvalue weighted by atomic mass is 10.00. The number of fused-ring (bicyclic) bond motifs is 1. The average molecular weight is 307 g/mol. The molecule has 1 N–H and O–H groups in total. The van der Waals surface area contributed by atoms with Crippen molar-refractivity contribution < 1.29 is 4.79 Å². The van der Waals surface area contributed by atoms with Crippen molar-refractivity contribution >= 4 is 27.5 Å². The van der Waals surface area contributed by atoms with Crippen molar-refractivity contribution in [2.45, 2.75) is 12.8 Å². The summed E-state index contributed by atoms with van der Waals surface area (Å²) in [7, 11) is 1.86. The van der Waals surface area contributed by atoms with Gasteiger partial charge in [-0.2, -0.15) is 5.10 Å². The molecule has 0 saturated heterocycles. The summed E-state index contributed by atoms with van der Waals surface area (Å²) in [4.78, 5) is 15.6. The average Bonchev–Trinajstić information content (AvgIpc) is 2.76. The Labute approximate surface area is 112 Å². The quantitative estimate of drug-likeness (QED) is 0.878. The number of rotatable bonds is 1. The molecule has 0 saturated carbocycles. The molecule has 1 aromatic heterocycles. The van der Waals surface area contributed by atoms with Gasteiger partial charge >= 0.3 is 0 Å². The van der Waals surface area contributed by atoms with Crippen LogP contribution in [0, 0.1) is 0 Å². The van der Waals surface area contributed by atoms with Crippen LogP contribution in [-0.2, 0) is 18.3 Å². The summed E-state index contributed by atoms with van der Waals surface area (Å²) >= 11 is 3.50. The van der Waals surface area contributed by atoms with Gasteiger partial charge in [0.25, 0.3) is 0 Å². The van der Waals surface area contributed by atoms with Crippen LogP contribution in [0.3, 0.4) is 0 Å². The minimum atomic E-state index is 0.0645. The first-order valence-corrected chi connectivity index (χ1v) is 6.41. The lowest BCUT2D eigenvalue weighted by Crippen LogP contribution is -2.19. The molecule has 2 aromatic rings. The zero-order valence-electron chi connectivity index (χ0n) is 9.77. The Morgan fingerprint density at radius 3 is 2.94 bits per heavy atom. The number of hydrogen-bond donors (Lipinski definition) is 1. The Kier molecular flexibility index (Phi) is 2.66. The first-order chi connectivity index (χ1) is 8.65. The molecular weight excluding hydrogens is 296 g/mol. The minimum Gasteiger partial charge on any atom is -0.325 e. The molecule has 0 radical (unpaired) electrons. The van der Waals surface area contributed by atoms with Crippen LogP contribution in [0.15, 0.2) is 22.9 Å². The third-order valence-electron chi connectivity index (χ3n) is 3.03. The van der Waals surface area contributed by atoms with Crippen LogP contribution in [0.25, 0.3) is 11.4 Å². The van der Waals surface area contributed by atoms with Crippen molar-refractivity contribution in [1.82, 2.24) is 14.8 Å². The van der Waals surface area contributed by atoms with Crippen LogP contribution in [0.4, 0.5) is 5.69 Å². The van der Waals surface area contributed by atoms with E-state index in [1.54, 1.807) is 4.68 Å². The maximum Gasteiger partial charge on any atom is 0.224 e. The third kappa shape index (κ3) is 1.82. The van der Waals surface area contributed by atoms with Gasteiger partial charge in [0.1, 0.15) is 6.33 Å². The number of halogens is 1. The summed E-state index contributed by atoms with van der Waals surface area (Å²) in [5, 5.41) is 6.95. The van der Waals surface area contributed by atoms with E-state index in [-0.39, 0.29) is 5.91 Å². The second-order valence-electron chi connectivity index (χ2n) is 4.25. The fraction of sp³-hybridized carbons (Fsp3) is 0.250. The predicted molar refractivity (Wildman–Crippen MR) is 71.1 cm³/mol. The van der Waals surface area contributed by atoms with Crippen LogP contribution in [0.5, 0.6) is 0 Å². The Balaban J connectivity index is 2.12. The molecule has 0 fully saturated rings. The van der Waals surface area contributed by atoms with Gasteiger partial charge in [-0.05, 0) is 40.0 Å². The van der Waals surface area contributed by atoms with E-state index < -0.39 is 0 Å². The molecule has 0 bridgehead atoms. The van der Waals surface area contributed by atoms with Crippen molar-refractivity contribution in [2.75, 3.05) is 5.32 Å². The summed E-state index contributed by atoms with van der Waals surface area (Å²) in [6.45, 7) is 0. The number of benzene rings is 1. The highest BCUT2D eigenvalue weighted by Gasteiger charge is 2.19. The highest BCUT2D eigenvalue weighted by atomic mass is 79.9. The Hall–Kier alpha value is -1.69. The molecule has 5 nitrogen and oxygen atoms in total. The molecule has 1 aliphatic rings. The Morgan fingerprint density at radius 1 is 1.39 bits per heavy atom. The number of aromatic nitrogens is 3. The first-order valence-electron chi connectivity index (χ1n) is 5.62. The van der Waals surface area contributed by atoms with Crippen molar-refractivity contribution in [3.8, 4) is 11.4 Å². The molecule has 2 heterocycles. The molecular formula is C12H11BrN4O. The van der Waals surface area contributed by atoms with Crippen molar-refractivity contribution in [1.29, 1.82) is 0 Å². The van der Waals surface area contributed by atoms with Crippen molar-refractivity contribution in [2.24, 2.45) is 7.05 Å². The zero-order chi connectivity index (χ0) is 12.7. The number of aryl methyl sites for hydroxylation is 2. The predicted octanol–water partition coefficient (Wildman–Crippen LogP) is 2.13. The van der Waals surface area contributed by atoms with Crippen LogP contribution >= 0.6 is 15.9 Å². The lowest BCUT2D eigenvalue weighted by Gasteiger charge is -2.19. The van der Waals surface area contributed by atoms with Crippen molar-refractivity contribution in [3.05, 3.63) is 28.5 Å². The highest BCUT2D eigenvalue weighted by molar-refractivity contribution is 9.10. The summed E-state index contributed by atoms with van der Waals surface area (Å²) in [6.07, 6.45) is 2.82. The third-order valence-corrected chi connectivity index (χ3v) is 3.65. The van der Waals surface area contributed by atoms with Crippen LogP contribution < -0.4 is 5.32 Å². The molecule has 92 valence electrons. The molecule has 0 unspecified atom stereocenters. The van der Waals surface area contributed by atoms with E-state index in [4.69, 9.17) is 0 Å². The number of hydrogen-bond acceptors (Lipinski definition) is 3. The molecule has 0 atom stereocenters. The van der Waals surface area contributed by atoms with E-state index in [1.165, 1.54) is 6.33 Å². The van der Waals surface area contributed by atoms with Gasteiger partial charge in [0.15, 0.2) is 5.82 Å². The summed E-state index contributed by atoms with van der Waals surface area (Å²) in [5.41, 5.74) is 3.00. The molecule has 1 aromatic carbocycles. The first kappa shape index (κ1) is 11.4. The fourth-order valence-corrected chi connectivity index (χ4v) is 2.74. The number of nitrogens with zero attached hydrogens (tertiary/aromatic N) is 3. The molecule has 1 amide bonds. The normalized spacial score (nSPS) is 14.2. The van der Waals surface area contributed by atoms with E-state index in [0.29, 0.717) is 6.42 Å². The molecule has 1 aliphatic heterocycles. The SMILES string of the molecule is Cn1ncnc1-c1cc(Br)c2c(c1)CCC(=O)N2. The molecule has 18 heavy (non-hydrogen) atoms. The maximum absolute atomic E-state index is 11.4. The van der Waals surface area contributed by atoms with Gasteiger partial charge in [0.05, 0.1) is 5.69 Å². The van der Waals surface area contributed by atoms with Gasteiger partial charge in [-0.3, -0.25) is 4.79 Å². The lowest BCUT2D eigenvalue weighted by molar-refractivity contribution is -0.116. The second kappa shape index (κ2) is 4.20. The molecule has 0 aliphatic carbocycles. The minimum absolute atomic E-state index is 0.0645. The standard InChI is InChI=1S/C12H11BrN4O/c1-17-12(14-6-15-17)8-4-7-2-3-10(18)16-11(7)9(13)5-8/h4-6H,2-3H2,1H3,(H,16,18). The zero-order valence-corrected chi connectivity index (χ0v) is 11.4. The number of anilines is 1. The van der Waals surface area contributed by atoms with Gasteiger partial charge in [0.2, 0.25) is 5.91 Å². The van der Waals surface area contributed by atoms with Gasteiger partial charge in [-0.1, -0.05) is 0 Å². The molecule has 0 spiro atoms. The van der Waals surface area contributed by atoms with Crippen LogP contribution in [0.2, 0.25) is 0 Å². The highest BCUT2D eigenvalue weighted by Crippen LogP contribution is 2.34. The van der Waals surface area contributed by atoms with E-state index in [2.05, 4.69) is 37.4 Å². The number of nitrogens with one attached hydrogen (secondary N) is 1. The molecule has 6 heteroatoms. The van der Waals surface area contributed by atoms with Crippen molar-refractivity contribution in [3.63, 3.8) is 0 Å². The smallest absolute Gasteiger partial charge is 0.224 e. The van der Waals surface area contributed by atoms with E-state index >= 15 is 0 Å². The Morgan fingerprint density at radius 2 is 2.22 bits per heavy atom. The van der Waals surface area contributed by atoms with Gasteiger partial charge in [-0.15, -0.1) is 0 Å². The number of amides is 1. The summed E-state index contributed by atoms with van der Waals surface area (Å²) < 4.78 is 2.61. The van der Waals surface area contributed by atoms with Gasteiger partial charge in [-0.25, -0.2) is 9.67 Å². The summed E-state index contributed by atoms with van der Waals surface area (Å²) in [6, 6.07) is 4.01. The Bertz CT molecular complexity index is 635. The topological polar surface area (TPSA) is 59.8 Å². The fourth-order valence-electron chi connectivity index (χ4n) is 2.14. The largest absolute Gasteiger partial charge is 0.325 e. The monoisotopic (exact) mass is 306 g/mol. The van der Waals surface area contributed by atoms with Crippen LogP contribution in [0.1, 0.15) is 12.0 Å². The van der Waals surface area contributed by atoms with Crippen LogP contribution in [-0.4, -0.2) is 20.7 Å². The summed E-state index contributed by atoms with van der Waals surface area (Å²) in [5.74, 6) is 0.880. The second-order valence-corrected chi connectivity index (χ2v) is 5.10. The van der Waals surface area contributed by atoms with E-state index in [9.17, 15) is 4.79 Å². The van der Waals surface area contributed by atoms with E-state index in [0.717, 1.165) is 33.5 Å². The van der Waals surface area contributed by atoms with Gasteiger partial charge in [0, 0.05) is 23.5 Å². The number of carbonyl (C=O) groups excluding carboxylic acids is 1.